The standard InChI is InChI=1S/C21H29NO2S2/c1-16(2)15-18-9-11-19(12-10-18)26(23,24)22-14-6-4-5-7-20(22)21-13-8-17(3)25-21/h8-13,16,20H,4-7,14-15H2,1-3H3/t20-/m0/s1. The summed E-state index contributed by atoms with van der Waals surface area (Å²) < 4.78 is 28.5. The van der Waals surface area contributed by atoms with Gasteiger partial charge in [-0.3, -0.25) is 0 Å². The van der Waals surface area contributed by atoms with Gasteiger partial charge in [0, 0.05) is 16.3 Å². The molecule has 0 radical (unpaired) electrons. The van der Waals surface area contributed by atoms with Crippen molar-refractivity contribution < 1.29 is 8.42 Å². The van der Waals surface area contributed by atoms with E-state index in [4.69, 9.17) is 0 Å². The largest absolute Gasteiger partial charge is 0.243 e. The molecule has 0 unspecified atom stereocenters. The monoisotopic (exact) mass is 391 g/mol. The number of hydrogen-bond donors (Lipinski definition) is 0. The van der Waals surface area contributed by atoms with Gasteiger partial charge in [0.15, 0.2) is 0 Å². The normalized spacial score (nSPS) is 19.6. The van der Waals surface area contributed by atoms with E-state index in [-0.39, 0.29) is 6.04 Å². The van der Waals surface area contributed by atoms with Gasteiger partial charge >= 0.3 is 0 Å². The molecule has 1 aromatic heterocycles. The van der Waals surface area contributed by atoms with Crippen LogP contribution in [-0.4, -0.2) is 19.3 Å². The summed E-state index contributed by atoms with van der Waals surface area (Å²) in [6.45, 7) is 7.04. The van der Waals surface area contributed by atoms with E-state index in [1.807, 2.05) is 12.1 Å². The SMILES string of the molecule is Cc1ccc([C@@H]2CCCCCN2S(=O)(=O)c2ccc(CC(C)C)cc2)s1. The Labute approximate surface area is 162 Å². The number of nitrogens with zero attached hydrogens (tertiary/aromatic N) is 1. The Morgan fingerprint density at radius 3 is 2.42 bits per heavy atom. The summed E-state index contributed by atoms with van der Waals surface area (Å²) in [6.07, 6.45) is 5.00. The van der Waals surface area contributed by atoms with Crippen molar-refractivity contribution in [3.05, 3.63) is 51.7 Å². The van der Waals surface area contributed by atoms with E-state index in [0.29, 0.717) is 17.4 Å². The number of rotatable bonds is 5. The minimum absolute atomic E-state index is 0.0310. The highest BCUT2D eigenvalue weighted by Crippen LogP contribution is 2.37. The molecule has 0 saturated carbocycles. The molecule has 0 bridgehead atoms. The molecule has 2 heterocycles. The van der Waals surface area contributed by atoms with Crippen molar-refractivity contribution in [3.8, 4) is 0 Å². The summed E-state index contributed by atoms with van der Waals surface area (Å²) in [5, 5.41) is 0. The maximum absolute atomic E-state index is 13.4. The molecular weight excluding hydrogens is 362 g/mol. The number of hydrogen-bond acceptors (Lipinski definition) is 3. The Bertz CT molecular complexity index is 822. The van der Waals surface area contributed by atoms with Crippen LogP contribution >= 0.6 is 11.3 Å². The van der Waals surface area contributed by atoms with E-state index in [2.05, 4.69) is 32.9 Å². The van der Waals surface area contributed by atoms with Crippen LogP contribution in [0.3, 0.4) is 0 Å². The van der Waals surface area contributed by atoms with Crippen molar-refractivity contribution in [2.75, 3.05) is 6.54 Å². The van der Waals surface area contributed by atoms with Gasteiger partial charge in [0.2, 0.25) is 10.0 Å². The lowest BCUT2D eigenvalue weighted by atomic mass is 10.0. The van der Waals surface area contributed by atoms with Gasteiger partial charge in [-0.1, -0.05) is 38.8 Å². The molecule has 1 aromatic carbocycles. The average Bonchev–Trinajstić information content (AvgIpc) is 2.87. The van der Waals surface area contributed by atoms with Crippen LogP contribution < -0.4 is 0 Å². The first kappa shape index (κ1) is 19.6. The summed E-state index contributed by atoms with van der Waals surface area (Å²) >= 11 is 1.72. The Morgan fingerprint density at radius 1 is 1.08 bits per heavy atom. The third-order valence-corrected chi connectivity index (χ3v) is 7.99. The first-order valence-corrected chi connectivity index (χ1v) is 11.8. The lowest BCUT2D eigenvalue weighted by molar-refractivity contribution is 0.333. The van der Waals surface area contributed by atoms with Gasteiger partial charge in [0.05, 0.1) is 10.9 Å². The first-order valence-electron chi connectivity index (χ1n) is 9.55. The summed E-state index contributed by atoms with van der Waals surface area (Å²) in [5.41, 5.74) is 1.19. The van der Waals surface area contributed by atoms with Crippen molar-refractivity contribution in [2.45, 2.75) is 63.8 Å². The van der Waals surface area contributed by atoms with Crippen LogP contribution in [0.2, 0.25) is 0 Å². The highest BCUT2D eigenvalue weighted by Gasteiger charge is 2.34. The van der Waals surface area contributed by atoms with Crippen molar-refractivity contribution in [1.82, 2.24) is 4.31 Å². The summed E-state index contributed by atoms with van der Waals surface area (Å²) in [7, 11) is -3.48. The molecule has 0 aliphatic carbocycles. The molecule has 2 aromatic rings. The summed E-state index contributed by atoms with van der Waals surface area (Å²) in [6, 6.07) is 11.7. The third-order valence-electron chi connectivity index (χ3n) is 4.97. The van der Waals surface area contributed by atoms with Crippen LogP contribution in [0.4, 0.5) is 0 Å². The van der Waals surface area contributed by atoms with Gasteiger partial charge in [0.1, 0.15) is 0 Å². The number of aryl methyl sites for hydroxylation is 1. The van der Waals surface area contributed by atoms with Gasteiger partial charge in [-0.25, -0.2) is 8.42 Å². The molecule has 0 N–H and O–H groups in total. The highest BCUT2D eigenvalue weighted by atomic mass is 32.2. The van der Waals surface area contributed by atoms with E-state index >= 15 is 0 Å². The van der Waals surface area contributed by atoms with Crippen molar-refractivity contribution in [3.63, 3.8) is 0 Å². The maximum Gasteiger partial charge on any atom is 0.243 e. The van der Waals surface area contributed by atoms with Crippen LogP contribution in [0.1, 0.15) is 60.9 Å². The zero-order valence-electron chi connectivity index (χ0n) is 15.9. The Balaban J connectivity index is 1.91. The maximum atomic E-state index is 13.4. The van der Waals surface area contributed by atoms with Gasteiger partial charge in [-0.2, -0.15) is 4.31 Å². The molecule has 5 heteroatoms. The van der Waals surface area contributed by atoms with Crippen molar-refractivity contribution >= 4 is 21.4 Å². The Kier molecular flexibility index (Phi) is 6.21. The minimum atomic E-state index is -3.48. The molecule has 1 fully saturated rings. The fourth-order valence-electron chi connectivity index (χ4n) is 3.69. The molecular formula is C21H29NO2S2. The Morgan fingerprint density at radius 2 is 1.81 bits per heavy atom. The Hall–Kier alpha value is -1.17. The van der Waals surface area contributed by atoms with Crippen LogP contribution in [-0.2, 0) is 16.4 Å². The molecule has 26 heavy (non-hydrogen) atoms. The lowest BCUT2D eigenvalue weighted by Crippen LogP contribution is -2.34. The third kappa shape index (κ3) is 4.38. The fourth-order valence-corrected chi connectivity index (χ4v) is 6.46. The smallest absolute Gasteiger partial charge is 0.207 e. The molecule has 142 valence electrons. The second kappa shape index (κ2) is 8.24. The average molecular weight is 392 g/mol. The quantitative estimate of drug-likeness (QED) is 0.669. The highest BCUT2D eigenvalue weighted by molar-refractivity contribution is 7.89. The van der Waals surface area contributed by atoms with Crippen LogP contribution in [0.5, 0.6) is 0 Å². The van der Waals surface area contributed by atoms with Crippen LogP contribution in [0.15, 0.2) is 41.3 Å². The van der Waals surface area contributed by atoms with Crippen molar-refractivity contribution in [2.24, 2.45) is 5.92 Å². The summed E-state index contributed by atoms with van der Waals surface area (Å²) in [4.78, 5) is 2.83. The van der Waals surface area contributed by atoms with Gasteiger partial charge in [-0.05, 0) is 61.9 Å². The zero-order chi connectivity index (χ0) is 18.7. The molecule has 1 saturated heterocycles. The van der Waals surface area contributed by atoms with E-state index in [0.717, 1.165) is 32.1 Å². The minimum Gasteiger partial charge on any atom is -0.207 e. The predicted molar refractivity (Wildman–Crippen MR) is 109 cm³/mol. The van der Waals surface area contributed by atoms with Crippen LogP contribution in [0, 0.1) is 12.8 Å². The van der Waals surface area contributed by atoms with Gasteiger partial charge < -0.3 is 0 Å². The molecule has 1 aliphatic heterocycles. The molecule has 0 amide bonds. The predicted octanol–water partition coefficient (Wildman–Crippen LogP) is 5.56. The molecule has 3 nitrogen and oxygen atoms in total. The molecule has 1 aliphatic rings. The van der Waals surface area contributed by atoms with E-state index in [1.165, 1.54) is 15.3 Å². The molecule has 0 spiro atoms. The van der Waals surface area contributed by atoms with E-state index in [9.17, 15) is 8.42 Å². The molecule has 3 rings (SSSR count). The number of benzene rings is 1. The zero-order valence-corrected chi connectivity index (χ0v) is 17.6. The topological polar surface area (TPSA) is 37.4 Å². The fraction of sp³-hybridized carbons (Fsp3) is 0.524. The van der Waals surface area contributed by atoms with E-state index in [1.54, 1.807) is 27.8 Å². The second-order valence-electron chi connectivity index (χ2n) is 7.67. The summed E-state index contributed by atoms with van der Waals surface area (Å²) in [5.74, 6) is 0.564. The van der Waals surface area contributed by atoms with Gasteiger partial charge in [0.25, 0.3) is 0 Å². The molecule has 1 atom stereocenters. The van der Waals surface area contributed by atoms with E-state index < -0.39 is 10.0 Å². The first-order chi connectivity index (χ1) is 12.4. The van der Waals surface area contributed by atoms with Gasteiger partial charge in [-0.15, -0.1) is 11.3 Å². The van der Waals surface area contributed by atoms with Crippen LogP contribution in [0.25, 0.3) is 0 Å². The second-order valence-corrected chi connectivity index (χ2v) is 10.9. The number of thiophene rings is 1. The lowest BCUT2D eigenvalue weighted by Gasteiger charge is -2.28. The van der Waals surface area contributed by atoms with Crippen molar-refractivity contribution in [1.29, 1.82) is 0 Å². The number of sulfonamides is 1.